The molecule has 0 aliphatic rings. The van der Waals surface area contributed by atoms with Crippen LogP contribution >= 0.6 is 18.3 Å². The van der Waals surface area contributed by atoms with E-state index in [0.717, 1.165) is 0 Å². The van der Waals surface area contributed by atoms with Gasteiger partial charge in [0.2, 0.25) is 0 Å². The van der Waals surface area contributed by atoms with Crippen LogP contribution in [0.15, 0.2) is 0 Å². The van der Waals surface area contributed by atoms with Crippen LogP contribution in [-0.2, 0) is 11.8 Å². The Hall–Kier alpha value is 0.800. The van der Waals surface area contributed by atoms with Crippen LogP contribution in [0.2, 0.25) is 0 Å². The van der Waals surface area contributed by atoms with Crippen LogP contribution in [0.25, 0.3) is 0 Å². The molecule has 0 fully saturated rings. The highest BCUT2D eigenvalue weighted by Gasteiger charge is 2.08. The second-order valence-corrected chi connectivity index (χ2v) is 4.39. The summed E-state index contributed by atoms with van der Waals surface area (Å²) in [5, 5.41) is 0. The highest BCUT2D eigenvalue weighted by molar-refractivity contribution is 8.10. The van der Waals surface area contributed by atoms with Crippen molar-refractivity contribution in [2.75, 3.05) is 5.62 Å². The van der Waals surface area contributed by atoms with Gasteiger partial charge in [0.1, 0.15) is 5.62 Å². The van der Waals surface area contributed by atoms with E-state index in [4.69, 9.17) is 0 Å². The van der Waals surface area contributed by atoms with Crippen LogP contribution in [0.5, 0.6) is 0 Å². The van der Waals surface area contributed by atoms with Crippen molar-refractivity contribution in [2.24, 2.45) is 0 Å². The van der Waals surface area contributed by atoms with Crippen molar-refractivity contribution in [3.05, 3.63) is 0 Å². The molecule has 0 aromatic carbocycles. The van der Waals surface area contributed by atoms with E-state index in [2.05, 4.69) is 23.4 Å². The lowest BCUT2D eigenvalue weighted by Crippen LogP contribution is -1.56. The predicted octanol–water partition coefficient (Wildman–Crippen LogP) is 2.43. The van der Waals surface area contributed by atoms with Crippen LogP contribution in [0.1, 0.15) is 0 Å². The van der Waals surface area contributed by atoms with E-state index in [0.29, 0.717) is 0 Å². The summed E-state index contributed by atoms with van der Waals surface area (Å²) in [5.74, 6) is 0. The zero-order valence-electron chi connectivity index (χ0n) is 2.70. The van der Waals surface area contributed by atoms with Gasteiger partial charge in [0.25, 0.3) is 6.66 Å². The highest BCUT2D eigenvalue weighted by Crippen LogP contribution is 2.49. The van der Waals surface area contributed by atoms with Gasteiger partial charge in [-0.05, 0) is 11.8 Å². The van der Waals surface area contributed by atoms with Gasteiger partial charge in [0, 0.05) is 0 Å². The monoisotopic (exact) mass is 150 g/mol. The number of hydrogen-bond acceptors (Lipinski definition) is 1. The van der Waals surface area contributed by atoms with Crippen LogP contribution in [0, 0.1) is 0 Å². The van der Waals surface area contributed by atoms with E-state index in [1.165, 1.54) is 0 Å². The minimum absolute atomic E-state index is 0.664. The number of hydrogen-bond donors (Lipinski definition) is 0. The summed E-state index contributed by atoms with van der Waals surface area (Å²) < 4.78 is 22.5. The Balaban J connectivity index is 3.48. The van der Waals surface area contributed by atoms with Gasteiger partial charge in [-0.2, -0.15) is 8.39 Å². The molecule has 6 heavy (non-hydrogen) atoms. The standard InChI is InChI=1S/CH2ClF2PS/c2-1-5(3,4)6/h1H2. The Morgan fingerprint density at radius 3 is 1.83 bits per heavy atom. The molecule has 0 bridgehead atoms. The smallest absolute Gasteiger partial charge is 0.180 e. The summed E-state index contributed by atoms with van der Waals surface area (Å²) in [7, 11) is 0. The molecule has 0 heterocycles. The minimum atomic E-state index is -4.05. The molecule has 0 spiro atoms. The normalized spacial score (nSPS) is 11.8. The van der Waals surface area contributed by atoms with Crippen molar-refractivity contribution in [3.8, 4) is 0 Å². The summed E-state index contributed by atoms with van der Waals surface area (Å²) >= 11 is 8.30. The first kappa shape index (κ1) is 6.80. The van der Waals surface area contributed by atoms with Crippen molar-refractivity contribution in [2.45, 2.75) is 0 Å². The first-order valence-electron chi connectivity index (χ1n) is 1.10. The van der Waals surface area contributed by atoms with E-state index in [1.807, 2.05) is 0 Å². The SMILES string of the molecule is FP(F)(=S)CCl. The first-order chi connectivity index (χ1) is 2.56. The lowest BCUT2D eigenvalue weighted by atomic mass is 11.9. The molecule has 0 unspecified atom stereocenters. The lowest BCUT2D eigenvalue weighted by molar-refractivity contribution is 0.749. The van der Waals surface area contributed by atoms with Crippen molar-refractivity contribution >= 4 is 30.1 Å². The molecule has 0 aromatic heterocycles. The zero-order chi connectivity index (χ0) is 5.21. The van der Waals surface area contributed by atoms with Crippen molar-refractivity contribution in [3.63, 3.8) is 0 Å². The van der Waals surface area contributed by atoms with Crippen molar-refractivity contribution < 1.29 is 8.39 Å². The van der Waals surface area contributed by atoms with Gasteiger partial charge in [-0.3, -0.25) is 0 Å². The molecule has 0 amide bonds. The van der Waals surface area contributed by atoms with Crippen LogP contribution in [-0.4, -0.2) is 5.62 Å². The molecule has 0 aliphatic carbocycles. The zero-order valence-corrected chi connectivity index (χ0v) is 5.16. The second-order valence-electron chi connectivity index (χ2n) is 0.690. The third-order valence-electron chi connectivity index (χ3n) is 0.139. The molecule has 0 rings (SSSR count). The third-order valence-corrected chi connectivity index (χ3v) is 2.13. The van der Waals surface area contributed by atoms with E-state index >= 15 is 0 Å². The van der Waals surface area contributed by atoms with E-state index in [9.17, 15) is 8.39 Å². The molecular weight excluding hydrogens is 149 g/mol. The van der Waals surface area contributed by atoms with Gasteiger partial charge in [-0.1, -0.05) is 0 Å². The molecule has 38 valence electrons. The van der Waals surface area contributed by atoms with Gasteiger partial charge >= 0.3 is 0 Å². The average molecular weight is 151 g/mol. The number of halogens is 3. The summed E-state index contributed by atoms with van der Waals surface area (Å²) in [6, 6.07) is 0. The van der Waals surface area contributed by atoms with E-state index in [1.54, 1.807) is 0 Å². The molecular formula is CH2ClF2PS. The molecule has 0 aromatic rings. The molecule has 0 atom stereocenters. The first-order valence-corrected chi connectivity index (χ1v) is 4.41. The number of rotatable bonds is 1. The fourth-order valence-corrected chi connectivity index (χ4v) is 0. The van der Waals surface area contributed by atoms with Crippen molar-refractivity contribution in [1.82, 2.24) is 0 Å². The summed E-state index contributed by atoms with van der Waals surface area (Å²) in [6.07, 6.45) is 0. The van der Waals surface area contributed by atoms with Crippen molar-refractivity contribution in [1.29, 1.82) is 0 Å². The summed E-state index contributed by atoms with van der Waals surface area (Å²) in [5.41, 5.74) is -0.664. The fraction of sp³-hybridized carbons (Fsp3) is 1.00. The second kappa shape index (κ2) is 2.20. The minimum Gasteiger partial charge on any atom is -0.180 e. The maximum Gasteiger partial charge on any atom is 0.287 e. The maximum atomic E-state index is 11.2. The largest absolute Gasteiger partial charge is 0.287 e. The van der Waals surface area contributed by atoms with E-state index < -0.39 is 12.3 Å². The molecule has 0 N–H and O–H groups in total. The van der Waals surface area contributed by atoms with Gasteiger partial charge in [0.15, 0.2) is 0 Å². The summed E-state index contributed by atoms with van der Waals surface area (Å²) in [4.78, 5) is 0. The Morgan fingerprint density at radius 1 is 1.67 bits per heavy atom. The number of alkyl halides is 1. The maximum absolute atomic E-state index is 11.2. The van der Waals surface area contributed by atoms with Gasteiger partial charge in [0.05, 0.1) is 0 Å². The summed E-state index contributed by atoms with van der Waals surface area (Å²) in [6.45, 7) is -4.05. The van der Waals surface area contributed by atoms with E-state index in [-0.39, 0.29) is 0 Å². The molecule has 0 saturated carbocycles. The fourth-order valence-electron chi connectivity index (χ4n) is 0. The molecule has 5 heteroatoms. The quantitative estimate of drug-likeness (QED) is 0.409. The van der Waals surface area contributed by atoms with Crippen LogP contribution in [0.4, 0.5) is 8.39 Å². The lowest BCUT2D eigenvalue weighted by Gasteiger charge is -1.87. The Morgan fingerprint density at radius 2 is 1.83 bits per heavy atom. The predicted molar refractivity (Wildman–Crippen MR) is 27.2 cm³/mol. The van der Waals surface area contributed by atoms with Gasteiger partial charge in [-0.15, -0.1) is 11.6 Å². The Kier molecular flexibility index (Phi) is 2.49. The average Bonchev–Trinajstić information content (AvgIpc) is 1.35. The molecule has 0 nitrogen and oxygen atoms in total. The molecule has 0 radical (unpaired) electrons. The van der Waals surface area contributed by atoms with Crippen LogP contribution in [0.3, 0.4) is 0 Å². The molecule has 0 aliphatic heterocycles. The third kappa shape index (κ3) is 4.80. The highest BCUT2D eigenvalue weighted by atomic mass is 35.5. The Labute approximate surface area is 44.7 Å². The van der Waals surface area contributed by atoms with Crippen LogP contribution < -0.4 is 0 Å². The van der Waals surface area contributed by atoms with Gasteiger partial charge in [-0.25, -0.2) is 0 Å². The van der Waals surface area contributed by atoms with Gasteiger partial charge < -0.3 is 0 Å². The molecule has 0 saturated heterocycles. The topological polar surface area (TPSA) is 0 Å². The Bertz CT molecular complexity index is 77.6.